The third-order valence-corrected chi connectivity index (χ3v) is 4.69. The highest BCUT2D eigenvalue weighted by molar-refractivity contribution is 5.76. The predicted octanol–water partition coefficient (Wildman–Crippen LogP) is 2.73. The second-order valence-corrected chi connectivity index (χ2v) is 6.40. The number of carbonyl (C=O) groups excluding carboxylic acids is 1. The van der Waals surface area contributed by atoms with Crippen LogP contribution in [0.3, 0.4) is 0 Å². The lowest BCUT2D eigenvalue weighted by Crippen LogP contribution is -2.46. The molecule has 2 heterocycles. The highest BCUT2D eigenvalue weighted by atomic mass is 16.3. The molecule has 4 heteroatoms. The van der Waals surface area contributed by atoms with Crippen LogP contribution in [0.15, 0.2) is 47.1 Å². The molecule has 0 unspecified atom stereocenters. The minimum absolute atomic E-state index is 0.175. The van der Waals surface area contributed by atoms with E-state index in [0.29, 0.717) is 18.9 Å². The van der Waals surface area contributed by atoms with Crippen LogP contribution < -0.4 is 0 Å². The molecule has 0 fully saturated rings. The summed E-state index contributed by atoms with van der Waals surface area (Å²) in [4.78, 5) is 16.5. The molecule has 0 N–H and O–H groups in total. The fourth-order valence-corrected chi connectivity index (χ4v) is 3.22. The summed E-state index contributed by atoms with van der Waals surface area (Å²) in [6.07, 6.45) is 3.82. The lowest BCUT2D eigenvalue weighted by molar-refractivity contribution is -0.130. The fraction of sp³-hybridized carbons (Fsp3) is 0.421. The van der Waals surface area contributed by atoms with Crippen molar-refractivity contribution in [2.75, 3.05) is 20.6 Å². The Kier molecular flexibility index (Phi) is 4.82. The molecule has 1 aromatic heterocycles. The lowest BCUT2D eigenvalue weighted by atomic mass is 9.94. The van der Waals surface area contributed by atoms with Gasteiger partial charge in [-0.05, 0) is 36.7 Å². The molecule has 1 aromatic carbocycles. The van der Waals surface area contributed by atoms with Crippen molar-refractivity contribution in [2.45, 2.75) is 31.8 Å². The lowest BCUT2D eigenvalue weighted by Gasteiger charge is -2.36. The van der Waals surface area contributed by atoms with Gasteiger partial charge in [0.2, 0.25) is 5.91 Å². The summed E-state index contributed by atoms with van der Waals surface area (Å²) < 4.78 is 5.29. The number of benzene rings is 1. The first-order valence-electron chi connectivity index (χ1n) is 8.17. The smallest absolute Gasteiger partial charge is 0.222 e. The number of nitrogens with zero attached hydrogens (tertiary/aromatic N) is 2. The van der Waals surface area contributed by atoms with E-state index in [2.05, 4.69) is 36.2 Å². The van der Waals surface area contributed by atoms with Crippen LogP contribution in [0.1, 0.15) is 23.3 Å². The van der Waals surface area contributed by atoms with E-state index in [1.165, 1.54) is 11.1 Å². The number of amides is 1. The van der Waals surface area contributed by atoms with Gasteiger partial charge in [0.05, 0.1) is 6.26 Å². The van der Waals surface area contributed by atoms with Crippen molar-refractivity contribution in [3.63, 3.8) is 0 Å². The van der Waals surface area contributed by atoms with Gasteiger partial charge in [-0.1, -0.05) is 24.3 Å². The molecule has 1 amide bonds. The van der Waals surface area contributed by atoms with E-state index in [1.807, 2.05) is 24.1 Å². The van der Waals surface area contributed by atoms with E-state index < -0.39 is 0 Å². The Hall–Kier alpha value is -2.07. The average Bonchev–Trinajstić information content (AvgIpc) is 3.06. The number of carbonyl (C=O) groups is 1. The summed E-state index contributed by atoms with van der Waals surface area (Å²) in [5.74, 6) is 1.05. The molecule has 1 aliphatic rings. The van der Waals surface area contributed by atoms with Crippen LogP contribution in [0.2, 0.25) is 0 Å². The molecule has 0 aliphatic carbocycles. The highest BCUT2D eigenvalue weighted by Crippen LogP contribution is 2.22. The zero-order valence-electron chi connectivity index (χ0n) is 13.9. The van der Waals surface area contributed by atoms with Gasteiger partial charge in [0.1, 0.15) is 5.76 Å². The van der Waals surface area contributed by atoms with Gasteiger partial charge >= 0.3 is 0 Å². The number of rotatable bonds is 5. The Labute approximate surface area is 137 Å². The minimum Gasteiger partial charge on any atom is -0.469 e. The molecule has 2 aromatic rings. The summed E-state index contributed by atoms with van der Waals surface area (Å²) in [7, 11) is 4.04. The first-order valence-corrected chi connectivity index (χ1v) is 8.17. The van der Waals surface area contributed by atoms with Crippen molar-refractivity contribution in [2.24, 2.45) is 0 Å². The second kappa shape index (κ2) is 7.01. The normalized spacial score (nSPS) is 17.7. The standard InChI is InChI=1S/C19H24N2O2/c1-20-13-16-7-4-3-6-15(16)12-17(20)14-21(2)19(22)10-9-18-8-5-11-23-18/h3-8,11,17H,9-10,12-14H2,1-2H3/t17-/m0/s1. The van der Waals surface area contributed by atoms with Crippen LogP contribution in [0.4, 0.5) is 0 Å². The van der Waals surface area contributed by atoms with Crippen molar-refractivity contribution >= 4 is 5.91 Å². The molecular weight excluding hydrogens is 288 g/mol. The molecule has 23 heavy (non-hydrogen) atoms. The molecular formula is C19H24N2O2. The zero-order chi connectivity index (χ0) is 16.2. The molecule has 1 aliphatic heterocycles. The molecule has 0 saturated heterocycles. The molecule has 0 bridgehead atoms. The fourth-order valence-electron chi connectivity index (χ4n) is 3.22. The van der Waals surface area contributed by atoms with Crippen molar-refractivity contribution in [1.29, 1.82) is 0 Å². The van der Waals surface area contributed by atoms with E-state index in [4.69, 9.17) is 4.42 Å². The Morgan fingerprint density at radius 3 is 2.78 bits per heavy atom. The Bertz CT molecular complexity index is 651. The molecule has 122 valence electrons. The number of fused-ring (bicyclic) bond motifs is 1. The maximum atomic E-state index is 12.3. The number of furan rings is 1. The Morgan fingerprint density at radius 2 is 2.04 bits per heavy atom. The number of likely N-dealkylation sites (N-methyl/N-ethyl adjacent to an activating group) is 2. The van der Waals surface area contributed by atoms with Crippen LogP contribution in [-0.4, -0.2) is 42.4 Å². The molecule has 4 nitrogen and oxygen atoms in total. The Morgan fingerprint density at radius 1 is 1.26 bits per heavy atom. The highest BCUT2D eigenvalue weighted by Gasteiger charge is 2.25. The van der Waals surface area contributed by atoms with E-state index in [9.17, 15) is 4.79 Å². The van der Waals surface area contributed by atoms with Gasteiger partial charge in [0.15, 0.2) is 0 Å². The second-order valence-electron chi connectivity index (χ2n) is 6.40. The summed E-state index contributed by atoms with van der Waals surface area (Å²) >= 11 is 0. The van der Waals surface area contributed by atoms with Crippen molar-refractivity contribution in [3.05, 3.63) is 59.5 Å². The van der Waals surface area contributed by atoms with Crippen LogP contribution in [0, 0.1) is 0 Å². The zero-order valence-corrected chi connectivity index (χ0v) is 13.9. The third kappa shape index (κ3) is 3.82. The Balaban J connectivity index is 1.55. The van der Waals surface area contributed by atoms with Crippen molar-refractivity contribution in [3.8, 4) is 0 Å². The van der Waals surface area contributed by atoms with Gasteiger partial charge in [-0.3, -0.25) is 9.69 Å². The topological polar surface area (TPSA) is 36.7 Å². The van der Waals surface area contributed by atoms with Crippen LogP contribution in [-0.2, 0) is 24.2 Å². The number of aryl methyl sites for hydroxylation is 1. The molecule has 0 saturated carbocycles. The van der Waals surface area contributed by atoms with Crippen LogP contribution in [0.5, 0.6) is 0 Å². The first-order chi connectivity index (χ1) is 11.1. The summed E-state index contributed by atoms with van der Waals surface area (Å²) in [5.41, 5.74) is 2.81. The maximum Gasteiger partial charge on any atom is 0.222 e. The van der Waals surface area contributed by atoms with Gasteiger partial charge in [-0.2, -0.15) is 0 Å². The molecule has 0 spiro atoms. The maximum absolute atomic E-state index is 12.3. The largest absolute Gasteiger partial charge is 0.469 e. The summed E-state index contributed by atoms with van der Waals surface area (Å²) in [6, 6.07) is 12.7. The van der Waals surface area contributed by atoms with Gasteiger partial charge in [0.25, 0.3) is 0 Å². The van der Waals surface area contributed by atoms with E-state index in [1.54, 1.807) is 6.26 Å². The van der Waals surface area contributed by atoms with Gasteiger partial charge in [-0.15, -0.1) is 0 Å². The third-order valence-electron chi connectivity index (χ3n) is 4.69. The van der Waals surface area contributed by atoms with Crippen LogP contribution in [0.25, 0.3) is 0 Å². The van der Waals surface area contributed by atoms with E-state index >= 15 is 0 Å². The first kappa shape index (κ1) is 15.8. The van der Waals surface area contributed by atoms with Crippen molar-refractivity contribution < 1.29 is 9.21 Å². The monoisotopic (exact) mass is 312 g/mol. The quantitative estimate of drug-likeness (QED) is 0.852. The van der Waals surface area contributed by atoms with Crippen molar-refractivity contribution in [1.82, 2.24) is 9.80 Å². The SMILES string of the molecule is CN(C[C@@H]1Cc2ccccc2CN1C)C(=O)CCc1ccco1. The average molecular weight is 312 g/mol. The van der Waals surface area contributed by atoms with E-state index in [-0.39, 0.29) is 5.91 Å². The van der Waals surface area contributed by atoms with Gasteiger partial charge < -0.3 is 9.32 Å². The van der Waals surface area contributed by atoms with Gasteiger partial charge in [-0.25, -0.2) is 0 Å². The molecule has 1 atom stereocenters. The van der Waals surface area contributed by atoms with Gasteiger partial charge in [0, 0.05) is 39.0 Å². The number of hydrogen-bond donors (Lipinski definition) is 0. The number of hydrogen-bond acceptors (Lipinski definition) is 3. The molecule has 3 rings (SSSR count). The van der Waals surface area contributed by atoms with E-state index in [0.717, 1.165) is 25.3 Å². The summed E-state index contributed by atoms with van der Waals surface area (Å²) in [6.45, 7) is 1.72. The molecule has 0 radical (unpaired) electrons. The predicted molar refractivity (Wildman–Crippen MR) is 90.1 cm³/mol. The minimum atomic E-state index is 0.175. The van der Waals surface area contributed by atoms with Crippen LogP contribution >= 0.6 is 0 Å². The summed E-state index contributed by atoms with van der Waals surface area (Å²) in [5, 5.41) is 0.